The van der Waals surface area contributed by atoms with Gasteiger partial charge >= 0.3 is 0 Å². The van der Waals surface area contributed by atoms with E-state index in [9.17, 15) is 4.79 Å². The number of hydrogen-bond acceptors (Lipinski definition) is 1. The number of ketones is 1. The number of hydrogen-bond donors (Lipinski definition) is 0. The molecule has 0 heterocycles. The summed E-state index contributed by atoms with van der Waals surface area (Å²) < 4.78 is 0. The van der Waals surface area contributed by atoms with Crippen LogP contribution in [0.2, 0.25) is 0 Å². The molecule has 0 radical (unpaired) electrons. The Morgan fingerprint density at radius 3 is 2.39 bits per heavy atom. The van der Waals surface area contributed by atoms with Crippen molar-refractivity contribution < 1.29 is 4.79 Å². The lowest BCUT2D eigenvalue weighted by Gasteiger charge is -2.62. The van der Waals surface area contributed by atoms with E-state index >= 15 is 0 Å². The average molecular weight is 315 g/mol. The van der Waals surface area contributed by atoms with E-state index in [1.807, 2.05) is 0 Å². The summed E-state index contributed by atoms with van der Waals surface area (Å²) in [7, 11) is 0. The van der Waals surface area contributed by atoms with Crippen molar-refractivity contribution in [1.29, 1.82) is 0 Å². The van der Waals surface area contributed by atoms with Crippen LogP contribution in [0.5, 0.6) is 0 Å². The number of carbonyl (C=O) groups excluding carboxylic acids is 1. The summed E-state index contributed by atoms with van der Waals surface area (Å²) in [6, 6.07) is 0. The van der Waals surface area contributed by atoms with Crippen LogP contribution in [-0.4, -0.2) is 5.78 Å². The summed E-state index contributed by atoms with van der Waals surface area (Å²) in [6.07, 6.45) is 15.1. The predicted molar refractivity (Wildman–Crippen MR) is 92.9 cm³/mol. The number of carbonyl (C=O) groups is 1. The summed E-state index contributed by atoms with van der Waals surface area (Å²) in [4.78, 5) is 12.6. The largest absolute Gasteiger partial charge is 0.299 e. The van der Waals surface area contributed by atoms with Gasteiger partial charge in [-0.1, -0.05) is 26.7 Å². The minimum absolute atomic E-state index is 0.0626. The first-order valence-electron chi connectivity index (χ1n) is 10.6. The van der Waals surface area contributed by atoms with Crippen molar-refractivity contribution >= 4 is 5.78 Å². The van der Waals surface area contributed by atoms with E-state index in [4.69, 9.17) is 0 Å². The normalized spacial score (nSPS) is 55.9. The van der Waals surface area contributed by atoms with Crippen molar-refractivity contribution in [2.75, 3.05) is 0 Å². The fraction of sp³-hybridized carbons (Fsp3) is 0.955. The molecule has 0 aliphatic heterocycles. The third-order valence-electron chi connectivity index (χ3n) is 9.61. The maximum absolute atomic E-state index is 12.6. The fourth-order valence-electron chi connectivity index (χ4n) is 8.28. The SMILES string of the molecule is C[C@]12CCCC[C@@H]1C(C1CC1)C[C@@H]1[C@@H]2CC[C@]2(C)C(=O)CC[C@@H]12. The summed E-state index contributed by atoms with van der Waals surface area (Å²) in [5.74, 6) is 6.25. The molecule has 0 spiro atoms. The van der Waals surface area contributed by atoms with Gasteiger partial charge in [-0.2, -0.15) is 0 Å². The monoisotopic (exact) mass is 314 g/mol. The van der Waals surface area contributed by atoms with Crippen LogP contribution in [0.15, 0.2) is 0 Å². The molecule has 0 amide bonds. The highest BCUT2D eigenvalue weighted by Gasteiger charge is 2.62. The van der Waals surface area contributed by atoms with E-state index in [-0.39, 0.29) is 5.41 Å². The molecule has 1 heteroatoms. The van der Waals surface area contributed by atoms with Gasteiger partial charge in [-0.25, -0.2) is 0 Å². The molecular formula is C22H34O. The van der Waals surface area contributed by atoms with Crippen LogP contribution in [0.4, 0.5) is 0 Å². The summed E-state index contributed by atoms with van der Waals surface area (Å²) in [6.45, 7) is 5.02. The van der Waals surface area contributed by atoms with Gasteiger partial charge in [-0.05, 0) is 92.3 Å². The molecule has 1 unspecified atom stereocenters. The van der Waals surface area contributed by atoms with E-state index in [0.29, 0.717) is 11.2 Å². The van der Waals surface area contributed by atoms with Crippen LogP contribution in [-0.2, 0) is 4.79 Å². The zero-order valence-corrected chi connectivity index (χ0v) is 15.2. The van der Waals surface area contributed by atoms with Crippen LogP contribution < -0.4 is 0 Å². The zero-order valence-electron chi connectivity index (χ0n) is 15.2. The van der Waals surface area contributed by atoms with Crippen LogP contribution in [0.25, 0.3) is 0 Å². The molecule has 7 atom stereocenters. The van der Waals surface area contributed by atoms with Crippen molar-refractivity contribution in [2.45, 2.75) is 84.5 Å². The van der Waals surface area contributed by atoms with E-state index in [1.54, 1.807) is 0 Å². The molecule has 0 bridgehead atoms. The van der Waals surface area contributed by atoms with Gasteiger partial charge in [0.05, 0.1) is 0 Å². The lowest BCUT2D eigenvalue weighted by atomic mass is 9.43. The van der Waals surface area contributed by atoms with E-state index < -0.39 is 0 Å². The topological polar surface area (TPSA) is 17.1 Å². The van der Waals surface area contributed by atoms with E-state index in [2.05, 4.69) is 13.8 Å². The molecule has 1 nitrogen and oxygen atoms in total. The Kier molecular flexibility index (Phi) is 3.16. The lowest BCUT2D eigenvalue weighted by molar-refractivity contribution is -0.148. The zero-order chi connectivity index (χ0) is 15.8. The molecule has 5 saturated carbocycles. The fourth-order valence-corrected chi connectivity index (χ4v) is 8.28. The maximum atomic E-state index is 12.6. The van der Waals surface area contributed by atoms with Crippen molar-refractivity contribution in [3.63, 3.8) is 0 Å². The molecule has 5 rings (SSSR count). The Balaban J connectivity index is 1.53. The first-order chi connectivity index (χ1) is 11.0. The second-order valence-electron chi connectivity index (χ2n) is 10.4. The molecular weight excluding hydrogens is 280 g/mol. The van der Waals surface area contributed by atoms with Gasteiger partial charge in [0.2, 0.25) is 0 Å². The average Bonchev–Trinajstić information content (AvgIpc) is 3.32. The molecule has 0 aromatic carbocycles. The molecule has 5 aliphatic rings. The van der Waals surface area contributed by atoms with Crippen molar-refractivity contribution in [3.05, 3.63) is 0 Å². The van der Waals surface area contributed by atoms with Gasteiger partial charge in [-0.15, -0.1) is 0 Å². The van der Waals surface area contributed by atoms with Gasteiger partial charge in [0.15, 0.2) is 0 Å². The number of Topliss-reactive ketones (excluding diaryl/α,β-unsaturated/α-hetero) is 1. The van der Waals surface area contributed by atoms with Crippen LogP contribution in [0.3, 0.4) is 0 Å². The van der Waals surface area contributed by atoms with Crippen LogP contribution in [0.1, 0.15) is 84.5 Å². The van der Waals surface area contributed by atoms with Crippen molar-refractivity contribution in [1.82, 2.24) is 0 Å². The van der Waals surface area contributed by atoms with Gasteiger partial charge < -0.3 is 0 Å². The van der Waals surface area contributed by atoms with Gasteiger partial charge in [0, 0.05) is 11.8 Å². The standard InChI is InChI=1S/C22H34O/c1-21-11-4-3-5-17(21)15(14-6-7-14)13-16-18-8-9-20(23)22(18,2)12-10-19(16)21/h14-19H,3-13H2,1-2H3/t15?,16-,17+,18-,19-,21-,22-/m0/s1. The van der Waals surface area contributed by atoms with Gasteiger partial charge in [0.1, 0.15) is 5.78 Å². The second-order valence-corrected chi connectivity index (χ2v) is 10.4. The molecule has 0 aromatic heterocycles. The molecule has 5 fully saturated rings. The Morgan fingerprint density at radius 2 is 1.61 bits per heavy atom. The van der Waals surface area contributed by atoms with Crippen LogP contribution in [0, 0.1) is 46.3 Å². The third-order valence-corrected chi connectivity index (χ3v) is 9.61. The quantitative estimate of drug-likeness (QED) is 0.613. The van der Waals surface area contributed by atoms with Crippen molar-refractivity contribution in [3.8, 4) is 0 Å². The number of rotatable bonds is 1. The highest BCUT2D eigenvalue weighted by atomic mass is 16.1. The van der Waals surface area contributed by atoms with Gasteiger partial charge in [-0.3, -0.25) is 4.79 Å². The first kappa shape index (κ1) is 15.0. The Hall–Kier alpha value is -0.330. The maximum Gasteiger partial charge on any atom is 0.139 e. The minimum Gasteiger partial charge on any atom is -0.299 e. The van der Waals surface area contributed by atoms with Gasteiger partial charge in [0.25, 0.3) is 0 Å². The molecule has 5 aliphatic carbocycles. The minimum atomic E-state index is 0.0626. The first-order valence-corrected chi connectivity index (χ1v) is 10.6. The molecule has 23 heavy (non-hydrogen) atoms. The Bertz CT molecular complexity index is 520. The lowest BCUT2D eigenvalue weighted by Crippen LogP contribution is -2.55. The summed E-state index contributed by atoms with van der Waals surface area (Å²) in [5.41, 5.74) is 0.675. The summed E-state index contributed by atoms with van der Waals surface area (Å²) >= 11 is 0. The highest BCUT2D eigenvalue weighted by Crippen LogP contribution is 2.68. The smallest absolute Gasteiger partial charge is 0.139 e. The van der Waals surface area contributed by atoms with Crippen molar-refractivity contribution in [2.24, 2.45) is 46.3 Å². The molecule has 0 saturated heterocycles. The highest BCUT2D eigenvalue weighted by molar-refractivity contribution is 5.87. The molecule has 0 N–H and O–H groups in total. The van der Waals surface area contributed by atoms with E-state index in [1.165, 1.54) is 64.2 Å². The molecule has 128 valence electrons. The second kappa shape index (κ2) is 4.85. The van der Waals surface area contributed by atoms with Crippen LogP contribution >= 0.6 is 0 Å². The Morgan fingerprint density at radius 1 is 0.826 bits per heavy atom. The predicted octanol–water partition coefficient (Wildman–Crippen LogP) is 5.62. The van der Waals surface area contributed by atoms with E-state index in [0.717, 1.165) is 41.9 Å². The molecule has 0 aromatic rings. The third kappa shape index (κ3) is 1.94. The Labute approximate surface area is 142 Å². The number of fused-ring (bicyclic) bond motifs is 5. The summed E-state index contributed by atoms with van der Waals surface area (Å²) in [5, 5.41) is 0.